The second kappa shape index (κ2) is 4.98. The van der Waals surface area contributed by atoms with Crippen LogP contribution in [0.2, 0.25) is 0 Å². The highest BCUT2D eigenvalue weighted by molar-refractivity contribution is 9.10. The number of furan rings is 1. The van der Waals surface area contributed by atoms with E-state index in [9.17, 15) is 0 Å². The molecule has 98 valence electrons. The molecule has 0 aliphatic heterocycles. The monoisotopic (exact) mass is 336 g/mol. The van der Waals surface area contributed by atoms with E-state index in [4.69, 9.17) is 4.42 Å². The molecule has 0 spiro atoms. The molecule has 0 amide bonds. The standard InChI is InChI=1S/C14H13BrN2OS/c1-8(12-5-6-14(15)18-12)16-10-3-4-11-13(7-10)19-9(2)17-11/h3-8,16H,1-2H3. The highest BCUT2D eigenvalue weighted by Gasteiger charge is 2.10. The maximum Gasteiger partial charge on any atom is 0.169 e. The summed E-state index contributed by atoms with van der Waals surface area (Å²) in [5, 5.41) is 4.53. The summed E-state index contributed by atoms with van der Waals surface area (Å²) in [5.41, 5.74) is 2.14. The molecule has 1 aromatic carbocycles. The highest BCUT2D eigenvalue weighted by atomic mass is 79.9. The number of hydrogen-bond acceptors (Lipinski definition) is 4. The van der Waals surface area contributed by atoms with Gasteiger partial charge in [-0.15, -0.1) is 11.3 Å². The van der Waals surface area contributed by atoms with Crippen LogP contribution in [0.25, 0.3) is 10.2 Å². The number of aromatic nitrogens is 1. The van der Waals surface area contributed by atoms with Crippen LogP contribution in [-0.2, 0) is 0 Å². The van der Waals surface area contributed by atoms with E-state index in [0.29, 0.717) is 0 Å². The van der Waals surface area contributed by atoms with Gasteiger partial charge in [0, 0.05) is 5.69 Å². The van der Waals surface area contributed by atoms with E-state index in [1.807, 2.05) is 25.1 Å². The lowest BCUT2D eigenvalue weighted by Crippen LogP contribution is -2.05. The Labute approximate surface area is 123 Å². The van der Waals surface area contributed by atoms with Crippen LogP contribution in [0.3, 0.4) is 0 Å². The van der Waals surface area contributed by atoms with Gasteiger partial charge in [-0.1, -0.05) is 0 Å². The number of hydrogen-bond donors (Lipinski definition) is 1. The molecule has 0 radical (unpaired) electrons. The van der Waals surface area contributed by atoms with Crippen molar-refractivity contribution in [1.29, 1.82) is 0 Å². The molecule has 2 aromatic heterocycles. The number of halogens is 1. The summed E-state index contributed by atoms with van der Waals surface area (Å²) >= 11 is 5.03. The molecule has 0 aliphatic carbocycles. The van der Waals surface area contributed by atoms with Gasteiger partial charge in [0.15, 0.2) is 4.67 Å². The summed E-state index contributed by atoms with van der Waals surface area (Å²) in [7, 11) is 0. The first kappa shape index (κ1) is 12.7. The molecule has 0 fully saturated rings. The van der Waals surface area contributed by atoms with Gasteiger partial charge in [0.25, 0.3) is 0 Å². The van der Waals surface area contributed by atoms with E-state index in [0.717, 1.165) is 26.6 Å². The Kier molecular flexibility index (Phi) is 3.33. The molecule has 3 aromatic rings. The van der Waals surface area contributed by atoms with E-state index < -0.39 is 0 Å². The van der Waals surface area contributed by atoms with Crippen LogP contribution in [0.15, 0.2) is 39.4 Å². The molecule has 2 heterocycles. The van der Waals surface area contributed by atoms with Gasteiger partial charge in [-0.25, -0.2) is 4.98 Å². The Balaban J connectivity index is 1.84. The Morgan fingerprint density at radius 3 is 2.89 bits per heavy atom. The fourth-order valence-corrected chi connectivity index (χ4v) is 3.20. The van der Waals surface area contributed by atoms with E-state index in [-0.39, 0.29) is 6.04 Å². The third-order valence-electron chi connectivity index (χ3n) is 2.90. The van der Waals surface area contributed by atoms with Gasteiger partial charge in [-0.05, 0) is 60.1 Å². The van der Waals surface area contributed by atoms with Gasteiger partial charge < -0.3 is 9.73 Å². The van der Waals surface area contributed by atoms with E-state index >= 15 is 0 Å². The summed E-state index contributed by atoms with van der Waals surface area (Å²) < 4.78 is 7.51. The summed E-state index contributed by atoms with van der Waals surface area (Å²) in [6.07, 6.45) is 0. The fourth-order valence-electron chi connectivity index (χ4n) is 2.01. The van der Waals surface area contributed by atoms with Crippen molar-refractivity contribution in [2.24, 2.45) is 0 Å². The van der Waals surface area contributed by atoms with Crippen LogP contribution in [0, 0.1) is 6.92 Å². The number of aryl methyl sites for hydroxylation is 1. The number of rotatable bonds is 3. The van der Waals surface area contributed by atoms with E-state index in [1.54, 1.807) is 11.3 Å². The van der Waals surface area contributed by atoms with Crippen LogP contribution < -0.4 is 5.32 Å². The number of thiazole rings is 1. The molecule has 0 saturated heterocycles. The molecule has 1 unspecified atom stereocenters. The summed E-state index contributed by atoms with van der Waals surface area (Å²) in [5.74, 6) is 0.910. The van der Waals surface area contributed by atoms with Gasteiger partial charge in [-0.3, -0.25) is 0 Å². The molecule has 0 aliphatic rings. The highest BCUT2D eigenvalue weighted by Crippen LogP contribution is 2.28. The predicted molar refractivity (Wildman–Crippen MR) is 82.8 cm³/mol. The maximum atomic E-state index is 5.55. The molecule has 3 rings (SSSR count). The molecule has 1 atom stereocenters. The quantitative estimate of drug-likeness (QED) is 0.720. The lowest BCUT2D eigenvalue weighted by molar-refractivity contribution is 0.471. The summed E-state index contributed by atoms with van der Waals surface area (Å²) in [6, 6.07) is 10.2. The summed E-state index contributed by atoms with van der Waals surface area (Å²) in [6.45, 7) is 4.11. The van der Waals surface area contributed by atoms with Crippen molar-refractivity contribution in [2.45, 2.75) is 19.9 Å². The van der Waals surface area contributed by atoms with Gasteiger partial charge in [-0.2, -0.15) is 0 Å². The van der Waals surface area contributed by atoms with Crippen molar-refractivity contribution in [1.82, 2.24) is 4.98 Å². The number of fused-ring (bicyclic) bond motifs is 1. The van der Waals surface area contributed by atoms with Crippen LogP contribution in [0.5, 0.6) is 0 Å². The zero-order chi connectivity index (χ0) is 13.4. The molecule has 5 heteroatoms. The molecule has 0 bridgehead atoms. The first-order chi connectivity index (χ1) is 9.11. The number of nitrogens with one attached hydrogen (secondary N) is 1. The lowest BCUT2D eigenvalue weighted by atomic mass is 10.2. The van der Waals surface area contributed by atoms with Crippen LogP contribution >= 0.6 is 27.3 Å². The molecule has 0 saturated carbocycles. The van der Waals surface area contributed by atoms with Crippen molar-refractivity contribution in [2.75, 3.05) is 5.32 Å². The van der Waals surface area contributed by atoms with Gasteiger partial charge in [0.2, 0.25) is 0 Å². The Morgan fingerprint density at radius 2 is 2.16 bits per heavy atom. The largest absolute Gasteiger partial charge is 0.452 e. The van der Waals surface area contributed by atoms with Crippen LogP contribution in [0.1, 0.15) is 23.7 Å². The lowest BCUT2D eigenvalue weighted by Gasteiger charge is -2.12. The van der Waals surface area contributed by atoms with Crippen molar-refractivity contribution in [3.05, 3.63) is 45.8 Å². The van der Waals surface area contributed by atoms with Crippen molar-refractivity contribution >= 4 is 43.2 Å². The number of anilines is 1. The molecule has 1 N–H and O–H groups in total. The molecule has 3 nitrogen and oxygen atoms in total. The van der Waals surface area contributed by atoms with Gasteiger partial charge in [0.05, 0.1) is 21.3 Å². The summed E-state index contributed by atoms with van der Waals surface area (Å²) in [4.78, 5) is 4.46. The average molecular weight is 337 g/mol. The van der Waals surface area contributed by atoms with Crippen LogP contribution in [-0.4, -0.2) is 4.98 Å². The van der Waals surface area contributed by atoms with E-state index in [1.165, 1.54) is 4.70 Å². The number of benzene rings is 1. The second-order valence-electron chi connectivity index (χ2n) is 4.42. The predicted octanol–water partition coefficient (Wildman–Crippen LogP) is 5.13. The average Bonchev–Trinajstić information content (AvgIpc) is 2.93. The third kappa shape index (κ3) is 2.67. The Morgan fingerprint density at radius 1 is 1.32 bits per heavy atom. The minimum atomic E-state index is 0.123. The smallest absolute Gasteiger partial charge is 0.169 e. The minimum absolute atomic E-state index is 0.123. The maximum absolute atomic E-state index is 5.55. The third-order valence-corrected chi connectivity index (χ3v) is 4.26. The Hall–Kier alpha value is -1.33. The zero-order valence-electron chi connectivity index (χ0n) is 10.6. The first-order valence-electron chi connectivity index (χ1n) is 6.01. The SMILES string of the molecule is Cc1nc2ccc(NC(C)c3ccc(Br)o3)cc2s1. The van der Waals surface area contributed by atoms with Gasteiger partial charge >= 0.3 is 0 Å². The number of nitrogens with zero attached hydrogens (tertiary/aromatic N) is 1. The second-order valence-corrected chi connectivity index (χ2v) is 6.44. The van der Waals surface area contributed by atoms with Crippen LogP contribution in [0.4, 0.5) is 5.69 Å². The molecule has 19 heavy (non-hydrogen) atoms. The molecular weight excluding hydrogens is 324 g/mol. The first-order valence-corrected chi connectivity index (χ1v) is 7.62. The Bertz CT molecular complexity index is 719. The fraction of sp³-hybridized carbons (Fsp3) is 0.214. The van der Waals surface area contributed by atoms with Crippen molar-refractivity contribution < 1.29 is 4.42 Å². The van der Waals surface area contributed by atoms with Gasteiger partial charge in [0.1, 0.15) is 5.76 Å². The topological polar surface area (TPSA) is 38.1 Å². The van der Waals surface area contributed by atoms with Crippen molar-refractivity contribution in [3.63, 3.8) is 0 Å². The molecular formula is C14H13BrN2OS. The zero-order valence-corrected chi connectivity index (χ0v) is 13.0. The van der Waals surface area contributed by atoms with E-state index in [2.05, 4.69) is 45.3 Å². The van der Waals surface area contributed by atoms with Crippen molar-refractivity contribution in [3.8, 4) is 0 Å². The minimum Gasteiger partial charge on any atom is -0.452 e. The normalized spacial score (nSPS) is 12.8.